The number of halogens is 1. The van der Waals surface area contributed by atoms with E-state index in [1.807, 2.05) is 19.9 Å². The summed E-state index contributed by atoms with van der Waals surface area (Å²) in [5.41, 5.74) is 2.43. The van der Waals surface area contributed by atoms with Crippen molar-refractivity contribution in [2.75, 3.05) is 25.1 Å². The molecule has 0 aliphatic carbocycles. The van der Waals surface area contributed by atoms with Crippen LogP contribution < -0.4 is 10.6 Å². The van der Waals surface area contributed by atoms with Gasteiger partial charge in [0, 0.05) is 17.9 Å². The van der Waals surface area contributed by atoms with Crippen LogP contribution in [-0.2, 0) is 9.53 Å². The SMILES string of the molecule is Cc1cc(C)n(-c2ccc(NC(=O)C3COCCN3)cc2F)n1. The maximum Gasteiger partial charge on any atom is 0.243 e. The highest BCUT2D eigenvalue weighted by molar-refractivity contribution is 5.95. The van der Waals surface area contributed by atoms with Crippen LogP contribution in [0.4, 0.5) is 10.1 Å². The maximum absolute atomic E-state index is 14.4. The molecule has 0 saturated carbocycles. The van der Waals surface area contributed by atoms with E-state index in [0.717, 1.165) is 11.4 Å². The van der Waals surface area contributed by atoms with Gasteiger partial charge in [-0.15, -0.1) is 0 Å². The molecular formula is C16H19FN4O2. The Morgan fingerprint density at radius 1 is 1.43 bits per heavy atom. The summed E-state index contributed by atoms with van der Waals surface area (Å²) in [7, 11) is 0. The van der Waals surface area contributed by atoms with Gasteiger partial charge in [-0.1, -0.05) is 0 Å². The summed E-state index contributed by atoms with van der Waals surface area (Å²) in [5.74, 6) is -0.676. The van der Waals surface area contributed by atoms with Crippen LogP contribution in [0.25, 0.3) is 5.69 Å². The van der Waals surface area contributed by atoms with Crippen LogP contribution in [0.2, 0.25) is 0 Å². The van der Waals surface area contributed by atoms with Crippen molar-refractivity contribution < 1.29 is 13.9 Å². The van der Waals surface area contributed by atoms with E-state index in [0.29, 0.717) is 31.1 Å². The molecule has 23 heavy (non-hydrogen) atoms. The second kappa shape index (κ2) is 6.47. The van der Waals surface area contributed by atoms with Gasteiger partial charge in [-0.2, -0.15) is 5.10 Å². The van der Waals surface area contributed by atoms with E-state index < -0.39 is 11.9 Å². The third-order valence-electron chi connectivity index (χ3n) is 3.69. The summed E-state index contributed by atoms with van der Waals surface area (Å²) in [6, 6.07) is 6.03. The summed E-state index contributed by atoms with van der Waals surface area (Å²) in [5, 5.41) is 10.0. The molecule has 1 amide bonds. The summed E-state index contributed by atoms with van der Waals surface area (Å²) in [4.78, 5) is 12.1. The highest BCUT2D eigenvalue weighted by atomic mass is 19.1. The van der Waals surface area contributed by atoms with Crippen molar-refractivity contribution in [2.24, 2.45) is 0 Å². The Balaban J connectivity index is 1.76. The molecule has 0 spiro atoms. The number of morpholine rings is 1. The summed E-state index contributed by atoms with van der Waals surface area (Å²) >= 11 is 0. The van der Waals surface area contributed by atoms with Crippen molar-refractivity contribution in [1.29, 1.82) is 0 Å². The van der Waals surface area contributed by atoms with Crippen molar-refractivity contribution in [3.05, 3.63) is 41.5 Å². The van der Waals surface area contributed by atoms with Crippen LogP contribution in [0.1, 0.15) is 11.4 Å². The van der Waals surface area contributed by atoms with Gasteiger partial charge in [0.15, 0.2) is 5.82 Å². The van der Waals surface area contributed by atoms with Crippen molar-refractivity contribution in [3.63, 3.8) is 0 Å². The number of amides is 1. The molecule has 1 saturated heterocycles. The lowest BCUT2D eigenvalue weighted by Crippen LogP contribution is -2.48. The lowest BCUT2D eigenvalue weighted by Gasteiger charge is -2.23. The minimum Gasteiger partial charge on any atom is -0.378 e. The van der Waals surface area contributed by atoms with Crippen LogP contribution in [0.3, 0.4) is 0 Å². The third kappa shape index (κ3) is 3.40. The number of carbonyl (C=O) groups excluding carboxylic acids is 1. The molecule has 1 fully saturated rings. The lowest BCUT2D eigenvalue weighted by atomic mass is 10.2. The van der Waals surface area contributed by atoms with Gasteiger partial charge in [-0.3, -0.25) is 4.79 Å². The molecule has 122 valence electrons. The molecule has 1 aromatic carbocycles. The average molecular weight is 318 g/mol. The molecule has 1 unspecified atom stereocenters. The van der Waals surface area contributed by atoms with Crippen molar-refractivity contribution >= 4 is 11.6 Å². The monoisotopic (exact) mass is 318 g/mol. The van der Waals surface area contributed by atoms with Crippen LogP contribution in [0, 0.1) is 19.7 Å². The molecule has 3 rings (SSSR count). The molecule has 2 N–H and O–H groups in total. The Bertz CT molecular complexity index is 723. The third-order valence-corrected chi connectivity index (χ3v) is 3.69. The quantitative estimate of drug-likeness (QED) is 0.901. The number of hydrogen-bond acceptors (Lipinski definition) is 4. The zero-order valence-electron chi connectivity index (χ0n) is 13.1. The number of nitrogens with one attached hydrogen (secondary N) is 2. The van der Waals surface area contributed by atoms with Gasteiger partial charge in [-0.05, 0) is 38.1 Å². The molecule has 0 radical (unpaired) electrons. The van der Waals surface area contributed by atoms with Gasteiger partial charge in [0.25, 0.3) is 0 Å². The summed E-state index contributed by atoms with van der Waals surface area (Å²) in [6.07, 6.45) is 0. The molecule has 2 aromatic rings. The van der Waals surface area contributed by atoms with Gasteiger partial charge in [0.2, 0.25) is 5.91 Å². The molecular weight excluding hydrogens is 299 g/mol. The highest BCUT2D eigenvalue weighted by Gasteiger charge is 2.21. The van der Waals surface area contributed by atoms with Crippen LogP contribution in [0.15, 0.2) is 24.3 Å². The van der Waals surface area contributed by atoms with Crippen molar-refractivity contribution in [3.8, 4) is 5.69 Å². The number of rotatable bonds is 3. The first-order chi connectivity index (χ1) is 11.0. The van der Waals surface area contributed by atoms with E-state index in [2.05, 4.69) is 15.7 Å². The molecule has 2 heterocycles. The smallest absolute Gasteiger partial charge is 0.243 e. The van der Waals surface area contributed by atoms with Gasteiger partial charge in [-0.25, -0.2) is 9.07 Å². The zero-order valence-corrected chi connectivity index (χ0v) is 13.1. The fourth-order valence-corrected chi connectivity index (χ4v) is 2.59. The molecule has 1 aromatic heterocycles. The summed E-state index contributed by atoms with van der Waals surface area (Å²) in [6.45, 7) is 5.26. The Hall–Kier alpha value is -2.25. The molecule has 1 aliphatic rings. The van der Waals surface area contributed by atoms with Crippen molar-refractivity contribution in [1.82, 2.24) is 15.1 Å². The topological polar surface area (TPSA) is 68.2 Å². The predicted molar refractivity (Wildman–Crippen MR) is 84.2 cm³/mol. The van der Waals surface area contributed by atoms with Crippen LogP contribution in [0.5, 0.6) is 0 Å². The fraction of sp³-hybridized carbons (Fsp3) is 0.375. The lowest BCUT2D eigenvalue weighted by molar-refractivity contribution is -0.120. The average Bonchev–Trinajstić information content (AvgIpc) is 2.87. The van der Waals surface area contributed by atoms with Crippen LogP contribution in [-0.4, -0.2) is 41.5 Å². The molecule has 1 aliphatic heterocycles. The van der Waals surface area contributed by atoms with E-state index in [9.17, 15) is 9.18 Å². The zero-order chi connectivity index (χ0) is 16.4. The number of carbonyl (C=O) groups is 1. The first kappa shape index (κ1) is 15.6. The van der Waals surface area contributed by atoms with E-state index in [1.165, 1.54) is 6.07 Å². The standard InChI is InChI=1S/C16H19FN4O2/c1-10-7-11(2)21(20-10)15-4-3-12(8-13(15)17)19-16(22)14-9-23-6-5-18-14/h3-4,7-8,14,18H,5-6,9H2,1-2H3,(H,19,22). The first-order valence-corrected chi connectivity index (χ1v) is 7.50. The Morgan fingerprint density at radius 3 is 2.87 bits per heavy atom. The second-order valence-corrected chi connectivity index (χ2v) is 5.58. The van der Waals surface area contributed by atoms with Crippen molar-refractivity contribution in [2.45, 2.75) is 19.9 Å². The molecule has 1 atom stereocenters. The first-order valence-electron chi connectivity index (χ1n) is 7.50. The number of ether oxygens (including phenoxy) is 1. The predicted octanol–water partition coefficient (Wildman–Crippen LogP) is 1.56. The minimum atomic E-state index is -0.443. The Morgan fingerprint density at radius 2 is 2.26 bits per heavy atom. The normalized spacial score (nSPS) is 18.0. The number of nitrogens with zero attached hydrogens (tertiary/aromatic N) is 2. The number of hydrogen-bond donors (Lipinski definition) is 2. The van der Waals surface area contributed by atoms with Gasteiger partial charge in [0.05, 0.1) is 18.9 Å². The highest BCUT2D eigenvalue weighted by Crippen LogP contribution is 2.20. The number of benzene rings is 1. The summed E-state index contributed by atoms with van der Waals surface area (Å²) < 4.78 is 21.2. The van der Waals surface area contributed by atoms with Gasteiger partial charge < -0.3 is 15.4 Å². The van der Waals surface area contributed by atoms with Gasteiger partial charge in [0.1, 0.15) is 11.7 Å². The number of aromatic nitrogens is 2. The number of aryl methyl sites for hydroxylation is 2. The van der Waals surface area contributed by atoms with E-state index in [1.54, 1.807) is 16.8 Å². The Kier molecular flexibility index (Phi) is 4.40. The fourth-order valence-electron chi connectivity index (χ4n) is 2.59. The molecule has 6 nitrogen and oxygen atoms in total. The maximum atomic E-state index is 14.4. The largest absolute Gasteiger partial charge is 0.378 e. The van der Waals surface area contributed by atoms with Gasteiger partial charge >= 0.3 is 0 Å². The molecule has 0 bridgehead atoms. The molecule has 7 heteroatoms. The van der Waals surface area contributed by atoms with E-state index in [-0.39, 0.29) is 5.91 Å². The second-order valence-electron chi connectivity index (χ2n) is 5.58. The minimum absolute atomic E-state index is 0.233. The van der Waals surface area contributed by atoms with E-state index >= 15 is 0 Å². The number of anilines is 1. The van der Waals surface area contributed by atoms with Crippen LogP contribution >= 0.6 is 0 Å². The van der Waals surface area contributed by atoms with E-state index in [4.69, 9.17) is 4.74 Å². The Labute approximate surface area is 133 Å².